The number of nitrogens with one attached hydrogen (secondary N) is 1. The Labute approximate surface area is 223 Å². The Hall–Kier alpha value is -3.12. The standard InChI is InChI=1S/C30H35N3O2.BrH/c1-29(2,3)21-16-22(27(35)23(17-21)30(4,5)6)26(34)19-33-25-15-11-10-14-24(25)32(28(33)31)18-20-12-8-7-9-13-20;/h7-17,31,35H,18-19H2,1-6H3;1H. The zero-order valence-corrected chi connectivity index (χ0v) is 23.6. The van der Waals surface area contributed by atoms with Crippen molar-refractivity contribution in [1.29, 1.82) is 5.41 Å². The van der Waals surface area contributed by atoms with Crippen molar-refractivity contribution in [3.05, 3.63) is 94.6 Å². The Bertz CT molecular complexity index is 1450. The number of aromatic nitrogens is 2. The molecule has 5 nitrogen and oxygen atoms in total. The summed E-state index contributed by atoms with van der Waals surface area (Å²) in [7, 11) is 0. The number of carbonyl (C=O) groups excluding carboxylic acids is 1. The lowest BCUT2D eigenvalue weighted by molar-refractivity contribution is 0.0968. The fourth-order valence-corrected chi connectivity index (χ4v) is 4.46. The number of hydrogen-bond donors (Lipinski definition) is 2. The highest BCUT2D eigenvalue weighted by atomic mass is 79.9. The molecule has 0 unspecified atom stereocenters. The fourth-order valence-electron chi connectivity index (χ4n) is 4.46. The summed E-state index contributed by atoms with van der Waals surface area (Å²) < 4.78 is 3.66. The summed E-state index contributed by atoms with van der Waals surface area (Å²) in [5, 5.41) is 20.1. The normalized spacial score (nSPS) is 11.9. The van der Waals surface area contributed by atoms with Crippen LogP contribution >= 0.6 is 17.0 Å². The van der Waals surface area contributed by atoms with E-state index in [-0.39, 0.29) is 51.5 Å². The summed E-state index contributed by atoms with van der Waals surface area (Å²) in [6, 6.07) is 21.6. The van der Waals surface area contributed by atoms with E-state index >= 15 is 0 Å². The highest BCUT2D eigenvalue weighted by Crippen LogP contribution is 2.38. The summed E-state index contributed by atoms with van der Waals surface area (Å²) in [6.45, 7) is 13.0. The molecule has 0 spiro atoms. The Kier molecular flexibility index (Phi) is 7.70. The van der Waals surface area contributed by atoms with Gasteiger partial charge in [-0.2, -0.15) is 0 Å². The molecule has 0 amide bonds. The van der Waals surface area contributed by atoms with Gasteiger partial charge >= 0.3 is 0 Å². The van der Waals surface area contributed by atoms with E-state index in [0.29, 0.717) is 12.1 Å². The lowest BCUT2D eigenvalue weighted by Gasteiger charge is -2.27. The minimum atomic E-state index is -0.320. The minimum Gasteiger partial charge on any atom is -0.507 e. The van der Waals surface area contributed by atoms with Gasteiger partial charge in [0, 0.05) is 5.56 Å². The van der Waals surface area contributed by atoms with Crippen molar-refractivity contribution < 1.29 is 9.90 Å². The first kappa shape index (κ1) is 27.5. The van der Waals surface area contributed by atoms with Crippen LogP contribution in [0, 0.1) is 5.41 Å². The maximum Gasteiger partial charge on any atom is 0.203 e. The van der Waals surface area contributed by atoms with Crippen LogP contribution in [0.5, 0.6) is 5.75 Å². The molecule has 0 atom stereocenters. The number of phenolic OH excluding ortho intramolecular Hbond substituents is 1. The topological polar surface area (TPSA) is 71.0 Å². The molecule has 0 aliphatic rings. The second kappa shape index (κ2) is 10.1. The summed E-state index contributed by atoms with van der Waals surface area (Å²) in [6.07, 6.45) is 0. The van der Waals surface area contributed by atoms with Gasteiger partial charge in [0.05, 0.1) is 29.7 Å². The summed E-state index contributed by atoms with van der Waals surface area (Å²) >= 11 is 0. The van der Waals surface area contributed by atoms with Gasteiger partial charge in [-0.1, -0.05) is 90.1 Å². The van der Waals surface area contributed by atoms with Crippen LogP contribution in [0.4, 0.5) is 0 Å². The average Bonchev–Trinajstić information content (AvgIpc) is 3.04. The number of Topliss-reactive ketones (excluding diaryl/α,β-unsaturated/α-hetero) is 1. The number of benzene rings is 3. The molecule has 0 aliphatic heterocycles. The molecule has 4 rings (SSSR count). The van der Waals surface area contributed by atoms with Gasteiger partial charge in [-0.05, 0) is 40.2 Å². The molecule has 0 aliphatic carbocycles. The van der Waals surface area contributed by atoms with Crippen LogP contribution in [0.2, 0.25) is 0 Å². The quantitative estimate of drug-likeness (QED) is 0.271. The number of para-hydroxylation sites is 2. The lowest BCUT2D eigenvalue weighted by Crippen LogP contribution is -2.28. The molecule has 0 saturated carbocycles. The summed E-state index contributed by atoms with van der Waals surface area (Å²) in [5.41, 5.74) is 4.65. The van der Waals surface area contributed by atoms with Gasteiger partial charge in [0.15, 0.2) is 5.78 Å². The van der Waals surface area contributed by atoms with Crippen LogP contribution in [0.15, 0.2) is 66.7 Å². The number of aromatic hydroxyl groups is 1. The van der Waals surface area contributed by atoms with Crippen molar-refractivity contribution in [3.8, 4) is 5.75 Å². The molecule has 0 radical (unpaired) electrons. The van der Waals surface area contributed by atoms with Crippen molar-refractivity contribution in [1.82, 2.24) is 9.13 Å². The summed E-state index contributed by atoms with van der Waals surface area (Å²) in [4.78, 5) is 13.7. The van der Waals surface area contributed by atoms with Crippen LogP contribution in [0.3, 0.4) is 0 Å². The lowest BCUT2D eigenvalue weighted by atomic mass is 9.78. The van der Waals surface area contributed by atoms with E-state index in [1.807, 2.05) is 92.1 Å². The number of fused-ring (bicyclic) bond motifs is 1. The van der Waals surface area contributed by atoms with E-state index in [0.717, 1.165) is 27.7 Å². The summed E-state index contributed by atoms with van der Waals surface area (Å²) in [5.74, 6) is -0.170. The predicted octanol–water partition coefficient (Wildman–Crippen LogP) is 6.73. The van der Waals surface area contributed by atoms with Gasteiger partial charge in [-0.25, -0.2) is 0 Å². The highest BCUT2D eigenvalue weighted by Gasteiger charge is 2.27. The molecule has 190 valence electrons. The molecule has 6 heteroatoms. The van der Waals surface area contributed by atoms with Gasteiger partial charge in [-0.3, -0.25) is 10.2 Å². The average molecular weight is 551 g/mol. The van der Waals surface area contributed by atoms with Crippen molar-refractivity contribution in [2.24, 2.45) is 0 Å². The smallest absolute Gasteiger partial charge is 0.203 e. The number of phenols is 1. The third-order valence-electron chi connectivity index (χ3n) is 6.54. The van der Waals surface area contributed by atoms with Crippen molar-refractivity contribution in [2.75, 3.05) is 0 Å². The molecule has 3 aromatic carbocycles. The minimum absolute atomic E-state index is 0. The first-order valence-corrected chi connectivity index (χ1v) is 12.1. The van der Waals surface area contributed by atoms with E-state index in [2.05, 4.69) is 20.8 Å². The number of rotatable bonds is 5. The number of halogens is 1. The Morgan fingerprint density at radius 3 is 1.94 bits per heavy atom. The molecular weight excluding hydrogens is 514 g/mol. The monoisotopic (exact) mass is 549 g/mol. The van der Waals surface area contributed by atoms with E-state index < -0.39 is 0 Å². The Balaban J connectivity index is 0.00000361. The fraction of sp³-hybridized carbons (Fsp3) is 0.333. The van der Waals surface area contributed by atoms with Crippen LogP contribution in [0.1, 0.15) is 68.6 Å². The number of ketones is 1. The zero-order valence-electron chi connectivity index (χ0n) is 21.9. The van der Waals surface area contributed by atoms with Crippen molar-refractivity contribution in [3.63, 3.8) is 0 Å². The molecule has 0 bridgehead atoms. The van der Waals surface area contributed by atoms with E-state index in [1.54, 1.807) is 4.57 Å². The van der Waals surface area contributed by atoms with E-state index in [1.165, 1.54) is 0 Å². The Morgan fingerprint density at radius 2 is 1.39 bits per heavy atom. The van der Waals surface area contributed by atoms with Crippen LogP contribution in [-0.2, 0) is 23.9 Å². The maximum absolute atomic E-state index is 13.7. The predicted molar refractivity (Wildman–Crippen MR) is 151 cm³/mol. The number of carbonyl (C=O) groups is 1. The van der Waals surface area contributed by atoms with Gasteiger partial charge in [0.25, 0.3) is 0 Å². The number of nitrogens with zero attached hydrogens (tertiary/aromatic N) is 2. The molecule has 0 fully saturated rings. The van der Waals surface area contributed by atoms with Crippen molar-refractivity contribution >= 4 is 33.8 Å². The molecule has 0 saturated heterocycles. The largest absolute Gasteiger partial charge is 0.507 e. The van der Waals surface area contributed by atoms with Crippen LogP contribution in [0.25, 0.3) is 11.0 Å². The first-order chi connectivity index (χ1) is 16.4. The molecule has 1 heterocycles. The molecular formula is C30H36BrN3O2. The zero-order chi connectivity index (χ0) is 25.5. The maximum atomic E-state index is 13.7. The van der Waals surface area contributed by atoms with Crippen LogP contribution < -0.4 is 5.62 Å². The molecule has 36 heavy (non-hydrogen) atoms. The van der Waals surface area contributed by atoms with Gasteiger partial charge in [0.1, 0.15) is 5.75 Å². The van der Waals surface area contributed by atoms with Crippen LogP contribution in [-0.4, -0.2) is 20.0 Å². The molecule has 4 aromatic rings. The van der Waals surface area contributed by atoms with E-state index in [9.17, 15) is 9.90 Å². The SMILES string of the molecule is Br.CC(C)(C)c1cc(C(=O)Cn2c(=N)n(Cc3ccccc3)c3ccccc32)c(O)c(C(C)(C)C)c1. The molecule has 2 N–H and O–H groups in total. The van der Waals surface area contributed by atoms with E-state index in [4.69, 9.17) is 5.41 Å². The van der Waals surface area contributed by atoms with Crippen molar-refractivity contribution in [2.45, 2.75) is 65.5 Å². The number of hydrogen-bond acceptors (Lipinski definition) is 3. The number of imidazole rings is 1. The third-order valence-corrected chi connectivity index (χ3v) is 6.54. The van der Waals surface area contributed by atoms with Gasteiger partial charge in [0.2, 0.25) is 5.62 Å². The second-order valence-electron chi connectivity index (χ2n) is 11.3. The first-order valence-electron chi connectivity index (χ1n) is 12.1. The van der Waals surface area contributed by atoms with Gasteiger partial charge in [-0.15, -0.1) is 17.0 Å². The third kappa shape index (κ3) is 5.34. The second-order valence-corrected chi connectivity index (χ2v) is 11.3. The Morgan fingerprint density at radius 1 is 0.833 bits per heavy atom. The highest BCUT2D eigenvalue weighted by molar-refractivity contribution is 8.93. The molecule has 1 aromatic heterocycles. The van der Waals surface area contributed by atoms with Gasteiger partial charge < -0.3 is 14.2 Å².